The molecule has 1 atom stereocenters. The molecule has 94 valence electrons. The Morgan fingerprint density at radius 1 is 1.29 bits per heavy atom. The third-order valence-corrected chi connectivity index (χ3v) is 3.85. The fourth-order valence-electron chi connectivity index (χ4n) is 2.01. The van der Waals surface area contributed by atoms with E-state index in [2.05, 4.69) is 42.0 Å². The summed E-state index contributed by atoms with van der Waals surface area (Å²) in [6, 6.07) is 8.43. The predicted octanol–water partition coefficient (Wildman–Crippen LogP) is 3.60. The molecule has 1 aromatic carbocycles. The van der Waals surface area contributed by atoms with Crippen molar-refractivity contribution in [3.05, 3.63) is 35.4 Å². The summed E-state index contributed by atoms with van der Waals surface area (Å²) in [5.41, 5.74) is 1.73. The molecule has 17 heavy (non-hydrogen) atoms. The van der Waals surface area contributed by atoms with Gasteiger partial charge < -0.3 is 0 Å². The first kappa shape index (κ1) is 14.8. The Morgan fingerprint density at radius 3 is 2.71 bits per heavy atom. The summed E-state index contributed by atoms with van der Waals surface area (Å²) in [5.74, 6) is 0. The molecule has 0 saturated carbocycles. The molecular weight excluding hydrogens is 271 g/mol. The first-order valence-corrected chi connectivity index (χ1v) is 7.85. The molecule has 2 heteroatoms. The number of aryl methyl sites for hydroxylation is 1. The molecule has 0 bridgehead atoms. The van der Waals surface area contributed by atoms with Gasteiger partial charge in [0.2, 0.25) is 0 Å². The van der Waals surface area contributed by atoms with Gasteiger partial charge >= 0.3 is 114 Å². The van der Waals surface area contributed by atoms with Gasteiger partial charge in [0.15, 0.2) is 0 Å². The maximum absolute atomic E-state index is 10.5. The van der Waals surface area contributed by atoms with Gasteiger partial charge in [-0.3, -0.25) is 0 Å². The van der Waals surface area contributed by atoms with Gasteiger partial charge in [-0.15, -0.1) is 0 Å². The summed E-state index contributed by atoms with van der Waals surface area (Å²) in [7, 11) is 0. The van der Waals surface area contributed by atoms with Crippen molar-refractivity contribution in [2.45, 2.75) is 56.8 Å². The summed E-state index contributed by atoms with van der Waals surface area (Å²) >= 11 is 2.62. The zero-order chi connectivity index (χ0) is 12.7. The zero-order valence-corrected chi connectivity index (χ0v) is 12.8. The Hall–Kier alpha value is -0.262. The molecule has 0 aliphatic heterocycles. The summed E-state index contributed by atoms with van der Waals surface area (Å²) in [4.78, 5) is 0. The first-order valence-electron chi connectivity index (χ1n) is 6.53. The molecule has 1 unspecified atom stereocenters. The third-order valence-electron chi connectivity index (χ3n) is 3.19. The van der Waals surface area contributed by atoms with E-state index < -0.39 is 5.60 Å². The third kappa shape index (κ3) is 4.85. The van der Waals surface area contributed by atoms with Crippen molar-refractivity contribution in [1.29, 1.82) is 0 Å². The van der Waals surface area contributed by atoms with Crippen molar-refractivity contribution in [3.63, 3.8) is 0 Å². The molecule has 0 aliphatic carbocycles. The molecule has 0 aromatic heterocycles. The average molecular weight is 294 g/mol. The van der Waals surface area contributed by atoms with Crippen LogP contribution in [0.25, 0.3) is 0 Å². The number of unbranched alkanes of at least 4 members (excludes halogenated alkanes) is 1. The van der Waals surface area contributed by atoms with Gasteiger partial charge in [0.05, 0.1) is 0 Å². The molecule has 1 aromatic rings. The van der Waals surface area contributed by atoms with Crippen LogP contribution >= 0.6 is 0 Å². The van der Waals surface area contributed by atoms with Gasteiger partial charge in [-0.25, -0.2) is 0 Å². The molecule has 0 fully saturated rings. The summed E-state index contributed by atoms with van der Waals surface area (Å²) in [6.45, 7) is 4.09. The summed E-state index contributed by atoms with van der Waals surface area (Å²) < 4.78 is 0. The normalized spacial score (nSPS) is 14.6. The SMILES string of the molecule is CCCCC(C)(O)c1cccc(CCC[As])c1. The van der Waals surface area contributed by atoms with Crippen molar-refractivity contribution >= 4 is 16.9 Å². The van der Waals surface area contributed by atoms with Crippen LogP contribution in [0.2, 0.25) is 5.21 Å². The van der Waals surface area contributed by atoms with Gasteiger partial charge in [-0.1, -0.05) is 0 Å². The first-order chi connectivity index (χ1) is 8.10. The van der Waals surface area contributed by atoms with Gasteiger partial charge in [-0.05, 0) is 0 Å². The molecule has 0 spiro atoms. The van der Waals surface area contributed by atoms with E-state index in [1.54, 1.807) is 0 Å². The molecular formula is C15H23AsO. The van der Waals surface area contributed by atoms with Crippen molar-refractivity contribution in [2.24, 2.45) is 0 Å². The number of aliphatic hydroxyl groups is 1. The van der Waals surface area contributed by atoms with Crippen LogP contribution in [0.3, 0.4) is 0 Å². The Kier molecular flexibility index (Phi) is 6.30. The van der Waals surface area contributed by atoms with Crippen molar-refractivity contribution < 1.29 is 5.11 Å². The topological polar surface area (TPSA) is 20.2 Å². The van der Waals surface area contributed by atoms with Crippen molar-refractivity contribution in [2.75, 3.05) is 0 Å². The van der Waals surface area contributed by atoms with Crippen molar-refractivity contribution in [3.8, 4) is 0 Å². The van der Waals surface area contributed by atoms with Gasteiger partial charge in [0, 0.05) is 0 Å². The Bertz CT molecular complexity index is 333. The van der Waals surface area contributed by atoms with Crippen LogP contribution in [-0.2, 0) is 12.0 Å². The zero-order valence-electron chi connectivity index (χ0n) is 10.9. The monoisotopic (exact) mass is 294 g/mol. The average Bonchev–Trinajstić information content (AvgIpc) is 2.34. The molecule has 0 saturated heterocycles. The van der Waals surface area contributed by atoms with Gasteiger partial charge in [0.1, 0.15) is 0 Å². The van der Waals surface area contributed by atoms with E-state index >= 15 is 0 Å². The number of benzene rings is 1. The standard InChI is InChI=1S/C15H23AsO/c1-3-4-10-15(2,17)14-9-5-7-13(12-14)8-6-11-16/h5,7,9,12,17H,3-4,6,8,10-11H2,1-2H3. The van der Waals surface area contributed by atoms with E-state index in [4.69, 9.17) is 0 Å². The molecule has 0 amide bonds. The Labute approximate surface area is 114 Å². The number of hydrogen-bond donors (Lipinski definition) is 1. The quantitative estimate of drug-likeness (QED) is 0.762. The molecule has 1 nitrogen and oxygen atoms in total. The van der Waals surface area contributed by atoms with E-state index in [1.807, 2.05) is 13.0 Å². The minimum atomic E-state index is -0.672. The fourth-order valence-corrected chi connectivity index (χ4v) is 2.34. The second kappa shape index (κ2) is 7.23. The van der Waals surface area contributed by atoms with Crippen LogP contribution in [0.15, 0.2) is 24.3 Å². The predicted molar refractivity (Wildman–Crippen MR) is 74.4 cm³/mol. The van der Waals surface area contributed by atoms with Crippen LogP contribution in [0.4, 0.5) is 0 Å². The van der Waals surface area contributed by atoms with Crippen LogP contribution < -0.4 is 0 Å². The van der Waals surface area contributed by atoms with E-state index in [-0.39, 0.29) is 0 Å². The van der Waals surface area contributed by atoms with E-state index in [0.717, 1.165) is 36.5 Å². The van der Waals surface area contributed by atoms with Crippen molar-refractivity contribution in [1.82, 2.24) is 0 Å². The van der Waals surface area contributed by atoms with E-state index in [0.29, 0.717) is 0 Å². The molecule has 0 heterocycles. The Morgan fingerprint density at radius 2 is 2.06 bits per heavy atom. The van der Waals surface area contributed by atoms with Crippen LogP contribution in [-0.4, -0.2) is 22.0 Å². The summed E-state index contributed by atoms with van der Waals surface area (Å²) in [5, 5.41) is 11.6. The minimum absolute atomic E-state index is 0.672. The van der Waals surface area contributed by atoms with Gasteiger partial charge in [0.25, 0.3) is 0 Å². The van der Waals surface area contributed by atoms with E-state index in [9.17, 15) is 5.11 Å². The van der Waals surface area contributed by atoms with Crippen LogP contribution in [0.5, 0.6) is 0 Å². The second-order valence-electron chi connectivity index (χ2n) is 4.90. The number of rotatable bonds is 7. The molecule has 2 radical (unpaired) electrons. The van der Waals surface area contributed by atoms with Crippen LogP contribution in [0, 0.1) is 0 Å². The van der Waals surface area contributed by atoms with E-state index in [1.165, 1.54) is 12.0 Å². The summed E-state index contributed by atoms with van der Waals surface area (Å²) in [6.07, 6.45) is 5.35. The fraction of sp³-hybridized carbons (Fsp3) is 0.600. The van der Waals surface area contributed by atoms with Gasteiger partial charge in [-0.2, -0.15) is 0 Å². The Balaban J connectivity index is 2.75. The van der Waals surface area contributed by atoms with Crippen LogP contribution in [0.1, 0.15) is 50.7 Å². The maximum atomic E-state index is 10.5. The second-order valence-corrected chi connectivity index (χ2v) is 5.84. The molecule has 1 N–H and O–H groups in total. The molecule has 0 aliphatic rings. The number of hydrogen-bond acceptors (Lipinski definition) is 1. The molecule has 1 rings (SSSR count).